The fraction of sp³-hybridized carbons (Fsp3) is 0.312. The van der Waals surface area contributed by atoms with E-state index in [9.17, 15) is 0 Å². The van der Waals surface area contributed by atoms with Crippen LogP contribution in [0.1, 0.15) is 28.6 Å². The van der Waals surface area contributed by atoms with Crippen LogP contribution in [0.25, 0.3) is 0 Å². The summed E-state index contributed by atoms with van der Waals surface area (Å²) in [4.78, 5) is 4.64. The van der Waals surface area contributed by atoms with Gasteiger partial charge in [0.15, 0.2) is 0 Å². The highest BCUT2D eigenvalue weighted by Crippen LogP contribution is 2.30. The molecule has 0 radical (unpaired) electrons. The molecule has 1 aromatic heterocycles. The van der Waals surface area contributed by atoms with E-state index in [4.69, 9.17) is 4.74 Å². The molecule has 1 N–H and O–H groups in total. The van der Waals surface area contributed by atoms with Crippen LogP contribution in [0.4, 0.5) is 0 Å². The predicted octanol–water partition coefficient (Wildman–Crippen LogP) is 2.63. The zero-order chi connectivity index (χ0) is 13.2. The molecular weight excluding hydrogens is 236 g/mol. The van der Waals surface area contributed by atoms with E-state index in [1.807, 2.05) is 19.1 Å². The highest BCUT2D eigenvalue weighted by molar-refractivity contribution is 5.42. The molecule has 0 saturated carbocycles. The van der Waals surface area contributed by atoms with E-state index in [1.54, 1.807) is 7.11 Å². The van der Waals surface area contributed by atoms with Crippen LogP contribution >= 0.6 is 0 Å². The molecule has 3 nitrogen and oxygen atoms in total. The first-order valence-corrected chi connectivity index (χ1v) is 6.61. The highest BCUT2D eigenvalue weighted by Gasteiger charge is 2.22. The van der Waals surface area contributed by atoms with Gasteiger partial charge in [0.25, 0.3) is 0 Å². The number of methoxy groups -OCH3 is 1. The number of ether oxygens (including phenoxy) is 1. The van der Waals surface area contributed by atoms with E-state index >= 15 is 0 Å². The van der Waals surface area contributed by atoms with Crippen molar-refractivity contribution in [1.82, 2.24) is 10.3 Å². The van der Waals surface area contributed by atoms with Crippen LogP contribution in [0.2, 0.25) is 0 Å². The molecule has 1 unspecified atom stereocenters. The Balaban J connectivity index is 2.03. The van der Waals surface area contributed by atoms with Crippen LogP contribution in [-0.2, 0) is 6.42 Å². The Morgan fingerprint density at radius 2 is 2.16 bits per heavy atom. The fourth-order valence-corrected chi connectivity index (χ4v) is 2.66. The van der Waals surface area contributed by atoms with Crippen LogP contribution in [-0.4, -0.2) is 18.6 Å². The first kappa shape index (κ1) is 12.2. The summed E-state index contributed by atoms with van der Waals surface area (Å²) in [6, 6.07) is 12.7. The monoisotopic (exact) mass is 254 g/mol. The number of nitrogens with one attached hydrogen (secondary N) is 1. The van der Waals surface area contributed by atoms with Crippen molar-refractivity contribution in [3.8, 4) is 5.75 Å². The van der Waals surface area contributed by atoms with Gasteiger partial charge in [0.05, 0.1) is 18.8 Å². The minimum absolute atomic E-state index is 0.189. The third-order valence-corrected chi connectivity index (χ3v) is 3.61. The number of hydrogen-bond acceptors (Lipinski definition) is 3. The van der Waals surface area contributed by atoms with Gasteiger partial charge in [0.1, 0.15) is 5.75 Å². The predicted molar refractivity (Wildman–Crippen MR) is 75.5 cm³/mol. The molecule has 2 aromatic rings. The summed E-state index contributed by atoms with van der Waals surface area (Å²) in [7, 11) is 1.71. The average Bonchev–Trinajstić information content (AvgIpc) is 2.46. The second-order valence-electron chi connectivity index (χ2n) is 4.91. The molecule has 3 rings (SSSR count). The number of pyridine rings is 1. The van der Waals surface area contributed by atoms with Crippen molar-refractivity contribution in [3.05, 3.63) is 58.9 Å². The van der Waals surface area contributed by atoms with Gasteiger partial charge in [0.2, 0.25) is 0 Å². The molecule has 1 atom stereocenters. The normalized spacial score (nSPS) is 17.9. The van der Waals surface area contributed by atoms with E-state index in [2.05, 4.69) is 34.6 Å². The summed E-state index contributed by atoms with van der Waals surface area (Å²) in [5.74, 6) is 0.927. The Bertz CT molecular complexity index is 595. The van der Waals surface area contributed by atoms with Gasteiger partial charge in [-0.3, -0.25) is 4.98 Å². The lowest BCUT2D eigenvalue weighted by atomic mass is 9.92. The topological polar surface area (TPSA) is 34.1 Å². The molecule has 0 amide bonds. The molecule has 98 valence electrons. The van der Waals surface area contributed by atoms with E-state index < -0.39 is 0 Å². The van der Waals surface area contributed by atoms with Crippen molar-refractivity contribution < 1.29 is 4.74 Å². The summed E-state index contributed by atoms with van der Waals surface area (Å²) < 4.78 is 5.30. The van der Waals surface area contributed by atoms with Crippen molar-refractivity contribution in [2.45, 2.75) is 19.4 Å². The standard InChI is InChI=1S/C16H18N2O/c1-11-4-3-5-15(18-11)16-14-7-6-13(19-2)10-12(14)8-9-17-16/h3-7,10,16-17H,8-9H2,1-2H3. The van der Waals surface area contributed by atoms with Gasteiger partial charge >= 0.3 is 0 Å². The zero-order valence-corrected chi connectivity index (χ0v) is 11.3. The average molecular weight is 254 g/mol. The number of aromatic nitrogens is 1. The van der Waals surface area contributed by atoms with E-state index in [-0.39, 0.29) is 6.04 Å². The number of rotatable bonds is 2. The van der Waals surface area contributed by atoms with Gasteiger partial charge in [-0.2, -0.15) is 0 Å². The lowest BCUT2D eigenvalue weighted by Crippen LogP contribution is -2.31. The van der Waals surface area contributed by atoms with Crippen molar-refractivity contribution in [2.75, 3.05) is 13.7 Å². The Labute approximate surface area is 113 Å². The number of benzene rings is 1. The maximum Gasteiger partial charge on any atom is 0.119 e. The summed E-state index contributed by atoms with van der Waals surface area (Å²) in [5.41, 5.74) is 4.81. The van der Waals surface area contributed by atoms with Crippen LogP contribution in [0.3, 0.4) is 0 Å². The summed E-state index contributed by atoms with van der Waals surface area (Å²) in [6.45, 7) is 3.00. The lowest BCUT2D eigenvalue weighted by Gasteiger charge is -2.27. The molecule has 0 fully saturated rings. The second kappa shape index (κ2) is 5.02. The summed E-state index contributed by atoms with van der Waals surface area (Å²) in [5, 5.41) is 3.55. The Morgan fingerprint density at radius 1 is 1.26 bits per heavy atom. The number of fused-ring (bicyclic) bond motifs is 1. The first-order chi connectivity index (χ1) is 9.28. The quantitative estimate of drug-likeness (QED) is 0.894. The summed E-state index contributed by atoms with van der Waals surface area (Å²) >= 11 is 0. The maximum atomic E-state index is 5.30. The molecule has 0 saturated heterocycles. The molecule has 2 heterocycles. The molecule has 19 heavy (non-hydrogen) atoms. The van der Waals surface area contributed by atoms with E-state index in [1.165, 1.54) is 11.1 Å². The number of nitrogens with zero attached hydrogens (tertiary/aromatic N) is 1. The Kier molecular flexibility index (Phi) is 3.22. The smallest absolute Gasteiger partial charge is 0.119 e. The SMILES string of the molecule is COc1ccc2c(c1)CCNC2c1cccc(C)n1. The van der Waals surface area contributed by atoms with Crippen molar-refractivity contribution in [3.63, 3.8) is 0 Å². The van der Waals surface area contributed by atoms with Gasteiger partial charge in [0, 0.05) is 12.2 Å². The number of aryl methyl sites for hydroxylation is 1. The first-order valence-electron chi connectivity index (χ1n) is 6.61. The van der Waals surface area contributed by atoms with Crippen LogP contribution in [0.5, 0.6) is 5.75 Å². The lowest BCUT2D eigenvalue weighted by molar-refractivity contribution is 0.413. The van der Waals surface area contributed by atoms with Gasteiger partial charge in [-0.1, -0.05) is 12.1 Å². The summed E-state index contributed by atoms with van der Waals surface area (Å²) in [6.07, 6.45) is 1.04. The second-order valence-corrected chi connectivity index (χ2v) is 4.91. The van der Waals surface area contributed by atoms with Gasteiger partial charge < -0.3 is 10.1 Å². The largest absolute Gasteiger partial charge is 0.497 e. The van der Waals surface area contributed by atoms with Crippen LogP contribution in [0.15, 0.2) is 36.4 Å². The van der Waals surface area contributed by atoms with Crippen LogP contribution < -0.4 is 10.1 Å². The third kappa shape index (κ3) is 2.34. The van der Waals surface area contributed by atoms with Crippen LogP contribution in [0, 0.1) is 6.92 Å². The van der Waals surface area contributed by atoms with Crippen molar-refractivity contribution >= 4 is 0 Å². The molecule has 0 aliphatic carbocycles. The van der Waals surface area contributed by atoms with Gasteiger partial charge in [-0.05, 0) is 48.7 Å². The minimum Gasteiger partial charge on any atom is -0.497 e. The van der Waals surface area contributed by atoms with Crippen molar-refractivity contribution in [2.24, 2.45) is 0 Å². The highest BCUT2D eigenvalue weighted by atomic mass is 16.5. The fourth-order valence-electron chi connectivity index (χ4n) is 2.66. The molecule has 3 heteroatoms. The van der Waals surface area contributed by atoms with E-state index in [0.29, 0.717) is 0 Å². The molecule has 1 aromatic carbocycles. The Hall–Kier alpha value is -1.87. The molecule has 1 aliphatic heterocycles. The maximum absolute atomic E-state index is 5.30. The number of hydrogen-bond donors (Lipinski definition) is 1. The molecular formula is C16H18N2O. The minimum atomic E-state index is 0.189. The third-order valence-electron chi connectivity index (χ3n) is 3.61. The van der Waals surface area contributed by atoms with E-state index in [0.717, 1.165) is 30.1 Å². The van der Waals surface area contributed by atoms with Gasteiger partial charge in [-0.15, -0.1) is 0 Å². The molecule has 0 bridgehead atoms. The van der Waals surface area contributed by atoms with Crippen molar-refractivity contribution in [1.29, 1.82) is 0 Å². The zero-order valence-electron chi connectivity index (χ0n) is 11.3. The Morgan fingerprint density at radius 3 is 2.95 bits per heavy atom. The molecule has 1 aliphatic rings. The van der Waals surface area contributed by atoms with Gasteiger partial charge in [-0.25, -0.2) is 0 Å². The molecule has 0 spiro atoms.